The van der Waals surface area contributed by atoms with Crippen LogP contribution in [0.1, 0.15) is 10.4 Å². The number of hydrogen-bond donors (Lipinski definition) is 0. The summed E-state index contributed by atoms with van der Waals surface area (Å²) in [4.78, 5) is 12.6. The van der Waals surface area contributed by atoms with Gasteiger partial charge in [0.05, 0.1) is 5.56 Å². The topological polar surface area (TPSA) is 29.5 Å². The van der Waals surface area contributed by atoms with Crippen LogP contribution in [0.2, 0.25) is 0 Å². The third-order valence-corrected chi connectivity index (χ3v) is 2.70. The van der Waals surface area contributed by atoms with Gasteiger partial charge in [0.25, 0.3) is 5.91 Å². The van der Waals surface area contributed by atoms with E-state index >= 15 is 0 Å². The lowest BCUT2D eigenvalue weighted by Crippen LogP contribution is -2.40. The first-order valence-electron chi connectivity index (χ1n) is 5.70. The van der Waals surface area contributed by atoms with Crippen LogP contribution in [-0.2, 0) is 0 Å². The van der Waals surface area contributed by atoms with Gasteiger partial charge in [-0.15, -0.1) is 0 Å². The summed E-state index contributed by atoms with van der Waals surface area (Å²) in [5, 5.41) is 0.118. The van der Waals surface area contributed by atoms with E-state index in [2.05, 4.69) is 20.7 Å². The van der Waals surface area contributed by atoms with Crippen molar-refractivity contribution in [3.05, 3.63) is 29.8 Å². The van der Waals surface area contributed by atoms with Crippen LogP contribution in [0, 0.1) is 0 Å². The zero-order chi connectivity index (χ0) is 16.0. The van der Waals surface area contributed by atoms with Gasteiger partial charge in [-0.3, -0.25) is 4.79 Å². The third-order valence-electron chi connectivity index (χ3n) is 2.35. The van der Waals surface area contributed by atoms with Crippen LogP contribution in [0.4, 0.5) is 22.0 Å². The molecule has 0 saturated heterocycles. The number of carbonyl (C=O) groups excluding carboxylic acids is 1. The summed E-state index contributed by atoms with van der Waals surface area (Å²) >= 11 is 2.94. The Morgan fingerprint density at radius 1 is 1.29 bits per heavy atom. The zero-order valence-electron chi connectivity index (χ0n) is 10.5. The lowest BCUT2D eigenvalue weighted by atomic mass is 10.1. The SMILES string of the molecule is O=C(c1ccccc1OC(F)F)N(CCBr)CC(F)(F)F. The molecule has 1 aromatic carbocycles. The van der Waals surface area contributed by atoms with E-state index in [1.54, 1.807) is 0 Å². The molecule has 0 aromatic heterocycles. The van der Waals surface area contributed by atoms with Crippen molar-refractivity contribution in [3.63, 3.8) is 0 Å². The molecule has 0 bridgehead atoms. The largest absolute Gasteiger partial charge is 0.434 e. The maximum atomic E-state index is 12.5. The van der Waals surface area contributed by atoms with Crippen molar-refractivity contribution < 1.29 is 31.5 Å². The van der Waals surface area contributed by atoms with E-state index < -0.39 is 31.0 Å². The van der Waals surface area contributed by atoms with E-state index in [0.29, 0.717) is 4.90 Å². The summed E-state index contributed by atoms with van der Waals surface area (Å²) in [6.45, 7) is -4.87. The van der Waals surface area contributed by atoms with Gasteiger partial charge in [0.15, 0.2) is 0 Å². The number of halogens is 6. The molecule has 0 atom stereocenters. The van der Waals surface area contributed by atoms with Crippen LogP contribution in [0.5, 0.6) is 5.75 Å². The van der Waals surface area contributed by atoms with E-state index in [1.165, 1.54) is 12.1 Å². The molecule has 0 aliphatic carbocycles. The maximum Gasteiger partial charge on any atom is 0.406 e. The van der Waals surface area contributed by atoms with Crippen molar-refractivity contribution in [2.45, 2.75) is 12.8 Å². The molecular weight excluding hydrogens is 365 g/mol. The first-order valence-corrected chi connectivity index (χ1v) is 6.82. The van der Waals surface area contributed by atoms with Gasteiger partial charge in [-0.25, -0.2) is 0 Å². The van der Waals surface area contributed by atoms with Gasteiger partial charge < -0.3 is 9.64 Å². The number of benzene rings is 1. The molecule has 21 heavy (non-hydrogen) atoms. The number of rotatable bonds is 6. The number of nitrogens with zero attached hydrogens (tertiary/aromatic N) is 1. The van der Waals surface area contributed by atoms with Crippen molar-refractivity contribution in [2.24, 2.45) is 0 Å². The highest BCUT2D eigenvalue weighted by molar-refractivity contribution is 9.09. The summed E-state index contributed by atoms with van der Waals surface area (Å²) in [6, 6.07) is 4.93. The monoisotopic (exact) mass is 375 g/mol. The van der Waals surface area contributed by atoms with Crippen LogP contribution >= 0.6 is 15.9 Å². The standard InChI is InChI=1S/C12H11BrF5NO2/c13-5-6-19(7-12(16,17)18)10(20)8-3-1-2-4-9(8)21-11(14)15/h1-4,11H,5-7H2. The van der Waals surface area contributed by atoms with Crippen LogP contribution in [0.25, 0.3) is 0 Å². The normalized spacial score (nSPS) is 11.6. The molecule has 0 fully saturated rings. The number of amides is 1. The van der Waals surface area contributed by atoms with Crippen LogP contribution in [0.15, 0.2) is 24.3 Å². The van der Waals surface area contributed by atoms with Gasteiger partial charge in [-0.1, -0.05) is 28.1 Å². The minimum atomic E-state index is -4.59. The average molecular weight is 376 g/mol. The van der Waals surface area contributed by atoms with Gasteiger partial charge in [0.1, 0.15) is 12.3 Å². The fourth-order valence-electron chi connectivity index (χ4n) is 1.58. The summed E-state index contributed by atoms with van der Waals surface area (Å²) in [5.74, 6) is -1.48. The molecule has 0 heterocycles. The number of hydrogen-bond acceptors (Lipinski definition) is 2. The molecule has 0 spiro atoms. The Morgan fingerprint density at radius 3 is 2.43 bits per heavy atom. The summed E-state index contributed by atoms with van der Waals surface area (Å²) in [7, 11) is 0. The first-order chi connectivity index (χ1) is 9.74. The highest BCUT2D eigenvalue weighted by Gasteiger charge is 2.33. The van der Waals surface area contributed by atoms with Gasteiger partial charge in [0.2, 0.25) is 0 Å². The Balaban J connectivity index is 3.03. The fraction of sp³-hybridized carbons (Fsp3) is 0.417. The Labute approximate surface area is 125 Å². The van der Waals surface area contributed by atoms with Crippen molar-refractivity contribution in [3.8, 4) is 5.75 Å². The molecule has 0 saturated carbocycles. The van der Waals surface area contributed by atoms with E-state index in [4.69, 9.17) is 0 Å². The van der Waals surface area contributed by atoms with E-state index in [-0.39, 0.29) is 17.4 Å². The molecule has 9 heteroatoms. The second-order valence-electron chi connectivity index (χ2n) is 3.91. The number of carbonyl (C=O) groups is 1. The third kappa shape index (κ3) is 5.86. The number of ether oxygens (including phenoxy) is 1. The average Bonchev–Trinajstić information content (AvgIpc) is 2.36. The lowest BCUT2D eigenvalue weighted by Gasteiger charge is -2.24. The van der Waals surface area contributed by atoms with Gasteiger partial charge in [-0.05, 0) is 12.1 Å². The van der Waals surface area contributed by atoms with Crippen molar-refractivity contribution in [1.82, 2.24) is 4.90 Å². The highest BCUT2D eigenvalue weighted by atomic mass is 79.9. The molecule has 0 unspecified atom stereocenters. The van der Waals surface area contributed by atoms with Crippen LogP contribution in [0.3, 0.4) is 0 Å². The van der Waals surface area contributed by atoms with Crippen molar-refractivity contribution >= 4 is 21.8 Å². The van der Waals surface area contributed by atoms with Gasteiger partial charge in [0, 0.05) is 11.9 Å². The van der Waals surface area contributed by atoms with Gasteiger partial charge in [-0.2, -0.15) is 22.0 Å². The Hall–Kier alpha value is -1.38. The minimum absolute atomic E-state index is 0.118. The van der Waals surface area contributed by atoms with Crippen molar-refractivity contribution in [1.29, 1.82) is 0 Å². The molecule has 3 nitrogen and oxygen atoms in total. The predicted octanol–water partition coefficient (Wildman–Crippen LogP) is 3.69. The van der Waals surface area contributed by atoms with Crippen LogP contribution in [-0.4, -0.2) is 42.0 Å². The van der Waals surface area contributed by atoms with Crippen molar-refractivity contribution in [2.75, 3.05) is 18.4 Å². The number of para-hydroxylation sites is 1. The summed E-state index contributed by atoms with van der Waals surface area (Å²) in [6.07, 6.45) is -4.59. The first kappa shape index (κ1) is 17.7. The fourth-order valence-corrected chi connectivity index (χ4v) is 2.01. The Bertz CT molecular complexity index is 481. The molecule has 1 amide bonds. The van der Waals surface area contributed by atoms with Crippen LogP contribution < -0.4 is 4.74 Å². The quantitative estimate of drug-likeness (QED) is 0.560. The lowest BCUT2D eigenvalue weighted by molar-refractivity contribution is -0.140. The van der Waals surface area contributed by atoms with E-state index in [9.17, 15) is 26.7 Å². The molecular formula is C12H11BrF5NO2. The second-order valence-corrected chi connectivity index (χ2v) is 4.70. The molecule has 0 aliphatic heterocycles. The molecule has 1 rings (SSSR count). The zero-order valence-corrected chi connectivity index (χ0v) is 12.1. The minimum Gasteiger partial charge on any atom is -0.434 e. The second kappa shape index (κ2) is 7.58. The highest BCUT2D eigenvalue weighted by Crippen LogP contribution is 2.24. The molecule has 0 radical (unpaired) electrons. The smallest absolute Gasteiger partial charge is 0.406 e. The maximum absolute atomic E-state index is 12.5. The molecule has 0 N–H and O–H groups in total. The Morgan fingerprint density at radius 2 is 1.90 bits per heavy atom. The van der Waals surface area contributed by atoms with Gasteiger partial charge >= 0.3 is 12.8 Å². The summed E-state index contributed by atoms with van der Waals surface area (Å²) < 4.78 is 66.0. The molecule has 1 aromatic rings. The molecule has 118 valence electrons. The van der Waals surface area contributed by atoms with E-state index in [0.717, 1.165) is 12.1 Å². The number of alkyl halides is 6. The predicted molar refractivity (Wildman–Crippen MR) is 68.8 cm³/mol. The Kier molecular flexibility index (Phi) is 6.38. The molecule has 0 aliphatic rings. The van der Waals surface area contributed by atoms with E-state index in [1.807, 2.05) is 0 Å². The summed E-state index contributed by atoms with van der Waals surface area (Å²) in [5.41, 5.74) is -0.344.